The lowest BCUT2D eigenvalue weighted by molar-refractivity contribution is 0.0283. The number of ether oxygens (including phenoxy) is 1. The van der Waals surface area contributed by atoms with E-state index >= 15 is 0 Å². The smallest absolute Gasteiger partial charge is 0.407 e. The Morgan fingerprint density at radius 1 is 1.21 bits per heavy atom. The van der Waals surface area contributed by atoms with E-state index in [0.717, 1.165) is 40.8 Å². The van der Waals surface area contributed by atoms with Gasteiger partial charge in [-0.25, -0.2) is 24.7 Å². The third kappa shape index (κ3) is 4.69. The number of carbonyl (C=O) groups is 1. The van der Waals surface area contributed by atoms with Gasteiger partial charge in [0.1, 0.15) is 27.8 Å². The Labute approximate surface area is 206 Å². The van der Waals surface area contributed by atoms with E-state index in [1.807, 2.05) is 32.9 Å². The quantitative estimate of drug-likeness (QED) is 0.545. The topological polar surface area (TPSA) is 119 Å². The van der Waals surface area contributed by atoms with Gasteiger partial charge in [0.2, 0.25) is 0 Å². The van der Waals surface area contributed by atoms with Crippen LogP contribution in [0.1, 0.15) is 27.2 Å². The summed E-state index contributed by atoms with van der Waals surface area (Å²) in [6.07, 6.45) is 4.14. The molecule has 1 saturated carbocycles. The first-order chi connectivity index (χ1) is 16.2. The van der Waals surface area contributed by atoms with Crippen molar-refractivity contribution in [3.63, 3.8) is 0 Å². The van der Waals surface area contributed by atoms with E-state index in [4.69, 9.17) is 27.1 Å². The highest BCUT2D eigenvalue weighted by Crippen LogP contribution is 2.41. The van der Waals surface area contributed by atoms with Crippen molar-refractivity contribution in [3.05, 3.63) is 35.6 Å². The number of hydrogen-bond acceptors (Lipinski definition) is 9. The summed E-state index contributed by atoms with van der Waals surface area (Å²) in [6, 6.07) is 5.76. The first-order valence-electron chi connectivity index (χ1n) is 11.1. The van der Waals surface area contributed by atoms with Gasteiger partial charge in [0.05, 0.1) is 11.2 Å². The number of nitrogen functional groups attached to an aromatic ring is 1. The van der Waals surface area contributed by atoms with Crippen molar-refractivity contribution >= 4 is 52.3 Å². The van der Waals surface area contributed by atoms with Crippen molar-refractivity contribution < 1.29 is 9.53 Å². The fourth-order valence-electron chi connectivity index (χ4n) is 4.47. The summed E-state index contributed by atoms with van der Waals surface area (Å²) in [5, 5.41) is 4.22. The zero-order valence-electron chi connectivity index (χ0n) is 19.2. The Morgan fingerprint density at radius 3 is 2.71 bits per heavy atom. The van der Waals surface area contributed by atoms with Gasteiger partial charge in [-0.1, -0.05) is 23.4 Å². The number of piperidine rings is 2. The lowest BCUT2D eigenvalue weighted by Gasteiger charge is -2.53. The summed E-state index contributed by atoms with van der Waals surface area (Å²) in [7, 11) is 0. The number of pyridine rings is 2. The molecule has 2 saturated heterocycles. The maximum absolute atomic E-state index is 12.2. The average molecular weight is 500 g/mol. The molecular formula is C23H26ClN7O2S. The molecule has 0 aromatic carbocycles. The normalized spacial score (nSPS) is 21.8. The number of aromatic nitrogens is 4. The number of nitrogens with two attached hydrogens (primary N) is 1. The molecule has 34 heavy (non-hydrogen) atoms. The molecule has 178 valence electrons. The number of anilines is 2. The van der Waals surface area contributed by atoms with Crippen molar-refractivity contribution in [2.75, 3.05) is 23.7 Å². The van der Waals surface area contributed by atoms with Gasteiger partial charge in [-0.3, -0.25) is 0 Å². The molecule has 3 aromatic rings. The fourth-order valence-corrected chi connectivity index (χ4v) is 5.52. The number of fused-ring (bicyclic) bond motifs is 3. The van der Waals surface area contributed by atoms with Gasteiger partial charge < -0.3 is 20.7 Å². The number of halogens is 1. The third-order valence-corrected chi connectivity index (χ3v) is 7.51. The summed E-state index contributed by atoms with van der Waals surface area (Å²) in [6.45, 7) is 7.25. The van der Waals surface area contributed by atoms with Crippen LogP contribution in [0.25, 0.3) is 11.2 Å². The highest BCUT2D eigenvalue weighted by Gasteiger charge is 2.48. The highest BCUT2D eigenvalue weighted by molar-refractivity contribution is 7.99. The van der Waals surface area contributed by atoms with Gasteiger partial charge in [-0.05, 0) is 57.2 Å². The Bertz CT molecular complexity index is 1240. The Morgan fingerprint density at radius 2 is 1.97 bits per heavy atom. The molecule has 0 radical (unpaired) electrons. The molecule has 0 spiro atoms. The summed E-state index contributed by atoms with van der Waals surface area (Å²) in [5.74, 6) is 1.86. The van der Waals surface area contributed by atoms with Gasteiger partial charge >= 0.3 is 6.09 Å². The molecular weight excluding hydrogens is 474 g/mol. The van der Waals surface area contributed by atoms with E-state index in [9.17, 15) is 4.79 Å². The molecule has 2 aliphatic heterocycles. The molecule has 1 unspecified atom stereocenters. The molecule has 1 amide bonds. The molecule has 3 aromatic heterocycles. The third-order valence-electron chi connectivity index (χ3n) is 6.00. The summed E-state index contributed by atoms with van der Waals surface area (Å²) in [4.78, 5) is 33.1. The molecule has 6 rings (SSSR count). The van der Waals surface area contributed by atoms with Gasteiger partial charge in [-0.2, -0.15) is 0 Å². The molecule has 2 bridgehead atoms. The average Bonchev–Trinajstić information content (AvgIpc) is 2.79. The Hall–Kier alpha value is -2.85. The van der Waals surface area contributed by atoms with Crippen LogP contribution in [0.4, 0.5) is 16.4 Å². The second kappa shape index (κ2) is 8.74. The molecule has 11 heteroatoms. The van der Waals surface area contributed by atoms with Crippen molar-refractivity contribution in [1.82, 2.24) is 25.3 Å². The minimum absolute atomic E-state index is 0.148. The van der Waals surface area contributed by atoms with Crippen LogP contribution >= 0.6 is 23.4 Å². The lowest BCUT2D eigenvalue weighted by Crippen LogP contribution is -2.65. The van der Waals surface area contributed by atoms with Crippen LogP contribution in [-0.4, -0.2) is 50.8 Å². The van der Waals surface area contributed by atoms with Crippen molar-refractivity contribution in [1.29, 1.82) is 0 Å². The SMILES string of the molecule is CC(C)(C)OC(=O)NC1[C@@H]2C[C@H]1CN(c1cnc3nc(Sc4ccnc(N)c4Cl)ccc3n1)C2. The second-order valence-corrected chi connectivity index (χ2v) is 11.1. The van der Waals surface area contributed by atoms with E-state index in [1.54, 1.807) is 18.5 Å². The number of alkyl carbamates (subject to hydrolysis) is 1. The first kappa shape index (κ1) is 22.9. The molecule has 3 atom stereocenters. The van der Waals surface area contributed by atoms with Crippen LogP contribution in [0.15, 0.2) is 40.5 Å². The van der Waals surface area contributed by atoms with E-state index < -0.39 is 5.60 Å². The number of carbonyl (C=O) groups excluding carboxylic acids is 1. The summed E-state index contributed by atoms with van der Waals surface area (Å²) >= 11 is 7.65. The Balaban J connectivity index is 1.25. The van der Waals surface area contributed by atoms with Crippen LogP contribution in [0.5, 0.6) is 0 Å². The number of amides is 1. The van der Waals surface area contributed by atoms with Crippen molar-refractivity contribution in [2.24, 2.45) is 11.8 Å². The van der Waals surface area contributed by atoms with Crippen LogP contribution in [0.2, 0.25) is 5.02 Å². The molecule has 1 aliphatic carbocycles. The summed E-state index contributed by atoms with van der Waals surface area (Å²) in [5.41, 5.74) is 6.59. The monoisotopic (exact) mass is 499 g/mol. The summed E-state index contributed by atoms with van der Waals surface area (Å²) < 4.78 is 5.42. The van der Waals surface area contributed by atoms with Gasteiger partial charge in [0, 0.05) is 30.2 Å². The molecule has 3 N–H and O–H groups in total. The lowest BCUT2D eigenvalue weighted by atomic mass is 9.66. The van der Waals surface area contributed by atoms with Crippen molar-refractivity contribution in [3.8, 4) is 0 Å². The first-order valence-corrected chi connectivity index (χ1v) is 12.3. The van der Waals surface area contributed by atoms with Crippen LogP contribution in [-0.2, 0) is 4.74 Å². The van der Waals surface area contributed by atoms with Crippen LogP contribution in [0, 0.1) is 11.8 Å². The zero-order valence-corrected chi connectivity index (χ0v) is 20.7. The zero-order chi connectivity index (χ0) is 24.0. The predicted octanol–water partition coefficient (Wildman–Crippen LogP) is 4.16. The van der Waals surface area contributed by atoms with Crippen molar-refractivity contribution in [2.45, 2.75) is 48.8 Å². The number of hydrogen-bond donors (Lipinski definition) is 2. The number of nitrogens with zero attached hydrogens (tertiary/aromatic N) is 5. The van der Waals surface area contributed by atoms with E-state index in [1.165, 1.54) is 11.8 Å². The molecule has 3 aliphatic rings. The minimum Gasteiger partial charge on any atom is -0.444 e. The van der Waals surface area contributed by atoms with E-state index in [2.05, 4.69) is 25.2 Å². The van der Waals surface area contributed by atoms with Crippen LogP contribution in [0.3, 0.4) is 0 Å². The number of nitrogens with one attached hydrogen (secondary N) is 1. The minimum atomic E-state index is -0.500. The molecule has 5 heterocycles. The molecule has 9 nitrogen and oxygen atoms in total. The molecule has 3 fully saturated rings. The van der Waals surface area contributed by atoms with Gasteiger partial charge in [-0.15, -0.1) is 0 Å². The van der Waals surface area contributed by atoms with Gasteiger partial charge in [0.25, 0.3) is 0 Å². The predicted molar refractivity (Wildman–Crippen MR) is 132 cm³/mol. The van der Waals surface area contributed by atoms with Crippen LogP contribution < -0.4 is 16.0 Å². The highest BCUT2D eigenvalue weighted by atomic mass is 35.5. The fraction of sp³-hybridized carbons (Fsp3) is 0.435. The second-order valence-electron chi connectivity index (χ2n) is 9.66. The standard InChI is InChI=1S/C23H26ClN7O2S/c1-23(2,3)33-22(32)30-19-12-8-13(19)11-31(10-12)16-9-27-21-14(28-16)4-5-17(29-21)34-15-6-7-26-20(25)18(15)24/h4-7,9,12-13,19H,8,10-11H2,1-3H3,(H2,25,26)(H,30,32)/t12-,13+,19?. The Kier molecular flexibility index (Phi) is 5.89. The largest absolute Gasteiger partial charge is 0.444 e. The van der Waals surface area contributed by atoms with Gasteiger partial charge in [0.15, 0.2) is 5.65 Å². The maximum Gasteiger partial charge on any atom is 0.407 e. The van der Waals surface area contributed by atoms with E-state index in [0.29, 0.717) is 28.3 Å². The number of rotatable bonds is 4. The van der Waals surface area contributed by atoms with E-state index in [-0.39, 0.29) is 12.1 Å². The maximum atomic E-state index is 12.2.